The summed E-state index contributed by atoms with van der Waals surface area (Å²) in [5, 5.41) is 0.534. The highest BCUT2D eigenvalue weighted by atomic mass is 35.5. The third kappa shape index (κ3) is 8.03. The first-order valence-corrected chi connectivity index (χ1v) is 12.6. The lowest BCUT2D eigenvalue weighted by Gasteiger charge is -2.25. The van der Waals surface area contributed by atoms with E-state index < -0.39 is 5.97 Å². The molecule has 200 valence electrons. The van der Waals surface area contributed by atoms with E-state index in [9.17, 15) is 9.59 Å². The Morgan fingerprint density at radius 3 is 2.23 bits per heavy atom. The van der Waals surface area contributed by atoms with Crippen molar-refractivity contribution in [1.29, 1.82) is 0 Å². The molecule has 0 unspecified atom stereocenters. The molecule has 0 N–H and O–H groups in total. The van der Waals surface area contributed by atoms with E-state index in [2.05, 4.69) is 40.7 Å². The van der Waals surface area contributed by atoms with Gasteiger partial charge in [-0.05, 0) is 72.3 Å². The van der Waals surface area contributed by atoms with E-state index in [-0.39, 0.29) is 12.5 Å². The molecule has 0 aliphatic heterocycles. The van der Waals surface area contributed by atoms with Crippen molar-refractivity contribution >= 4 is 35.9 Å². The van der Waals surface area contributed by atoms with Crippen LogP contribution in [0.3, 0.4) is 0 Å². The molecule has 0 radical (unpaired) electrons. The maximum atomic E-state index is 13.7. The fourth-order valence-electron chi connectivity index (χ4n) is 3.82. The van der Waals surface area contributed by atoms with Crippen LogP contribution in [-0.2, 0) is 16.1 Å². The number of ether oxygens (including phenoxy) is 1. The number of aliphatic imine (C=N–C) groups is 1. The summed E-state index contributed by atoms with van der Waals surface area (Å²) < 4.78 is 4.67. The Bertz CT molecular complexity index is 1410. The third-order valence-electron chi connectivity index (χ3n) is 5.96. The first-order valence-electron chi connectivity index (χ1n) is 12.3. The van der Waals surface area contributed by atoms with Crippen LogP contribution in [0.15, 0.2) is 113 Å². The molecular formula is C32H32ClN3O3. The zero-order valence-electron chi connectivity index (χ0n) is 22.6. The maximum absolute atomic E-state index is 13.7. The number of hydrogen-bond donors (Lipinski definition) is 0. The summed E-state index contributed by atoms with van der Waals surface area (Å²) in [4.78, 5) is 32.8. The fraction of sp³-hybridized carbons (Fsp3) is 0.156. The number of methoxy groups -OCH3 is 1. The summed E-state index contributed by atoms with van der Waals surface area (Å²) in [6.45, 7) is 5.58. The van der Waals surface area contributed by atoms with Crippen molar-refractivity contribution < 1.29 is 14.3 Å². The summed E-state index contributed by atoms with van der Waals surface area (Å²) in [6, 6.07) is 23.0. The molecule has 0 heterocycles. The average molecular weight is 542 g/mol. The first-order chi connectivity index (χ1) is 18.7. The number of esters is 1. The van der Waals surface area contributed by atoms with Gasteiger partial charge in [-0.3, -0.25) is 9.79 Å². The molecule has 0 saturated carbocycles. The largest absolute Gasteiger partial charge is 0.466 e. The Labute approximate surface area is 235 Å². The molecule has 1 amide bonds. The highest BCUT2D eigenvalue weighted by Crippen LogP contribution is 2.29. The van der Waals surface area contributed by atoms with E-state index in [0.29, 0.717) is 21.9 Å². The lowest BCUT2D eigenvalue weighted by molar-refractivity contribution is -0.134. The zero-order chi connectivity index (χ0) is 28.4. The van der Waals surface area contributed by atoms with Crippen LogP contribution in [0.2, 0.25) is 5.02 Å². The van der Waals surface area contributed by atoms with Crippen molar-refractivity contribution in [2.75, 3.05) is 26.1 Å². The molecule has 0 spiro atoms. The molecule has 0 aliphatic rings. The van der Waals surface area contributed by atoms with Gasteiger partial charge in [0.25, 0.3) is 5.91 Å². The normalized spacial score (nSPS) is 11.8. The van der Waals surface area contributed by atoms with Gasteiger partial charge in [-0.1, -0.05) is 60.1 Å². The van der Waals surface area contributed by atoms with Gasteiger partial charge >= 0.3 is 5.97 Å². The molecule has 39 heavy (non-hydrogen) atoms. The fourth-order valence-corrected chi connectivity index (χ4v) is 4.06. The minimum Gasteiger partial charge on any atom is -0.466 e. The van der Waals surface area contributed by atoms with Gasteiger partial charge in [0.15, 0.2) is 0 Å². The predicted molar refractivity (Wildman–Crippen MR) is 160 cm³/mol. The maximum Gasteiger partial charge on any atom is 0.330 e. The number of nitrogens with zero attached hydrogens (tertiary/aromatic N) is 3. The number of carbonyl (C=O) groups excluding carboxylic acids is 2. The molecule has 0 aliphatic carbocycles. The SMILES string of the molecule is C=N\C=C(/C=C(C)/C=C/C(=O)OC)N(Cc1ccc(-c2ccc(N(C)C)cc2)cc1Cl)C(=O)c1ccccc1. The summed E-state index contributed by atoms with van der Waals surface area (Å²) in [5.41, 5.74) is 5.60. The van der Waals surface area contributed by atoms with Gasteiger partial charge in [0.1, 0.15) is 0 Å². The van der Waals surface area contributed by atoms with Crippen LogP contribution < -0.4 is 4.90 Å². The summed E-state index contributed by atoms with van der Waals surface area (Å²) in [6.07, 6.45) is 6.18. The van der Waals surface area contributed by atoms with Crippen molar-refractivity contribution in [3.63, 3.8) is 0 Å². The number of halogens is 1. The van der Waals surface area contributed by atoms with Gasteiger partial charge in [-0.2, -0.15) is 0 Å². The van der Waals surface area contributed by atoms with Gasteiger partial charge in [-0.15, -0.1) is 0 Å². The van der Waals surface area contributed by atoms with Gasteiger partial charge in [0.2, 0.25) is 0 Å². The first kappa shape index (κ1) is 29.1. The van der Waals surface area contributed by atoms with Crippen molar-refractivity contribution in [2.45, 2.75) is 13.5 Å². The molecule has 6 nitrogen and oxygen atoms in total. The quantitative estimate of drug-likeness (QED) is 0.121. The smallest absolute Gasteiger partial charge is 0.330 e. The van der Waals surface area contributed by atoms with E-state index in [1.165, 1.54) is 19.4 Å². The van der Waals surface area contributed by atoms with E-state index in [1.54, 1.807) is 29.2 Å². The number of hydrogen-bond acceptors (Lipinski definition) is 5. The van der Waals surface area contributed by atoms with Crippen molar-refractivity contribution in [1.82, 2.24) is 4.90 Å². The van der Waals surface area contributed by atoms with Crippen LogP contribution in [0.25, 0.3) is 11.1 Å². The predicted octanol–water partition coefficient (Wildman–Crippen LogP) is 6.93. The second kappa shape index (κ2) is 13.9. The van der Waals surface area contributed by atoms with E-state index >= 15 is 0 Å². The minimum absolute atomic E-state index is 0.193. The van der Waals surface area contributed by atoms with E-state index in [0.717, 1.165) is 22.4 Å². The van der Waals surface area contributed by atoms with Crippen LogP contribution in [0.5, 0.6) is 0 Å². The Kier molecular flexibility index (Phi) is 10.4. The van der Waals surface area contributed by atoms with Gasteiger partial charge < -0.3 is 14.5 Å². The molecule has 0 aromatic heterocycles. The van der Waals surface area contributed by atoms with Crippen LogP contribution >= 0.6 is 11.6 Å². The van der Waals surface area contributed by atoms with E-state index in [4.69, 9.17) is 11.6 Å². The molecule has 0 bridgehead atoms. The second-order valence-electron chi connectivity index (χ2n) is 8.99. The Hall–Kier alpha value is -4.42. The van der Waals surface area contributed by atoms with Crippen molar-refractivity contribution in [3.8, 4) is 11.1 Å². The third-order valence-corrected chi connectivity index (χ3v) is 6.31. The number of benzene rings is 3. The number of rotatable bonds is 10. The Morgan fingerprint density at radius 2 is 1.64 bits per heavy atom. The van der Waals surface area contributed by atoms with Crippen molar-refractivity contribution in [3.05, 3.63) is 125 Å². The molecule has 0 atom stereocenters. The van der Waals surface area contributed by atoms with Crippen LogP contribution in [0.1, 0.15) is 22.8 Å². The molecule has 3 rings (SSSR count). The monoisotopic (exact) mass is 541 g/mol. The number of amides is 1. The van der Waals surface area contributed by atoms with Gasteiger partial charge in [-0.25, -0.2) is 4.79 Å². The highest BCUT2D eigenvalue weighted by Gasteiger charge is 2.21. The lowest BCUT2D eigenvalue weighted by atomic mass is 10.0. The molecule has 3 aromatic carbocycles. The van der Waals surface area contributed by atoms with Crippen molar-refractivity contribution in [2.24, 2.45) is 4.99 Å². The Morgan fingerprint density at radius 1 is 0.974 bits per heavy atom. The minimum atomic E-state index is -0.476. The molecule has 3 aromatic rings. The summed E-state index contributed by atoms with van der Waals surface area (Å²) in [7, 11) is 5.31. The number of allylic oxidation sites excluding steroid dienone is 3. The lowest BCUT2D eigenvalue weighted by Crippen LogP contribution is -2.29. The van der Waals surface area contributed by atoms with Crippen LogP contribution in [-0.4, -0.2) is 44.7 Å². The van der Waals surface area contributed by atoms with Crippen LogP contribution in [0, 0.1) is 0 Å². The average Bonchev–Trinajstić information content (AvgIpc) is 2.95. The molecular weight excluding hydrogens is 510 g/mol. The zero-order valence-corrected chi connectivity index (χ0v) is 23.4. The molecule has 7 heteroatoms. The van der Waals surface area contributed by atoms with Gasteiger partial charge in [0, 0.05) is 42.6 Å². The Balaban J connectivity index is 1.99. The topological polar surface area (TPSA) is 62.2 Å². The summed E-state index contributed by atoms with van der Waals surface area (Å²) >= 11 is 6.76. The standard InChI is InChI=1S/C32H32ClN3O3/c1-23(11-18-31(37)39-5)19-29(21-34-2)36(32(38)25-9-7-6-8-10-25)22-27-13-12-26(20-30(27)33)24-14-16-28(17-15-24)35(3)4/h6-21H,2,22H2,1,3-5H3/b18-11+,23-19+,29-21+. The van der Waals surface area contributed by atoms with Crippen LogP contribution in [0.4, 0.5) is 5.69 Å². The highest BCUT2D eigenvalue weighted by molar-refractivity contribution is 6.31. The molecule has 0 saturated heterocycles. The number of carbonyl (C=O) groups is 2. The number of anilines is 1. The van der Waals surface area contributed by atoms with Gasteiger partial charge in [0.05, 0.1) is 19.4 Å². The van der Waals surface area contributed by atoms with E-state index in [1.807, 2.05) is 62.3 Å². The second-order valence-corrected chi connectivity index (χ2v) is 9.39. The summed E-state index contributed by atoms with van der Waals surface area (Å²) in [5.74, 6) is -0.707. The molecule has 0 fully saturated rings.